The van der Waals surface area contributed by atoms with E-state index in [1.807, 2.05) is 0 Å². The number of aliphatic hydroxyl groups excluding tert-OH is 3. The number of aliphatic hydroxyl groups is 3. The maximum Gasteiger partial charge on any atom is 0.222 e. The van der Waals surface area contributed by atoms with Crippen LogP contribution in [0.25, 0.3) is 0 Å². The van der Waals surface area contributed by atoms with Crippen LogP contribution in [-0.4, -0.2) is 46.1 Å². The molecule has 3 unspecified atom stereocenters. The summed E-state index contributed by atoms with van der Waals surface area (Å²) in [5.74, 6) is -0.278. The average molecular weight is 834 g/mol. The van der Waals surface area contributed by atoms with Crippen LogP contribution in [0.2, 0.25) is 0 Å². The monoisotopic (exact) mass is 834 g/mol. The van der Waals surface area contributed by atoms with Crippen molar-refractivity contribution in [3.8, 4) is 0 Å². The molecule has 0 saturated heterocycles. The molecule has 0 rings (SSSR count). The summed E-state index contributed by atoms with van der Waals surface area (Å²) in [6.07, 6.45) is 60.7. The molecule has 0 spiro atoms. The lowest BCUT2D eigenvalue weighted by molar-refractivity contribution is -0.125. The van der Waals surface area contributed by atoms with Crippen LogP contribution in [0.1, 0.15) is 303 Å². The molecule has 59 heavy (non-hydrogen) atoms. The zero-order valence-electron chi connectivity index (χ0n) is 40.2. The predicted molar refractivity (Wildman–Crippen MR) is 259 cm³/mol. The van der Waals surface area contributed by atoms with E-state index >= 15 is 0 Å². The van der Waals surface area contributed by atoms with Crippen molar-refractivity contribution in [1.29, 1.82) is 0 Å². The highest BCUT2D eigenvalue weighted by Gasteiger charge is 2.21. The third kappa shape index (κ3) is 46.4. The quantitative estimate of drug-likeness (QED) is 0.0363. The number of unbranched alkanes of at least 4 members (excludes halogenated alkanes) is 39. The molecule has 0 radical (unpaired) electrons. The highest BCUT2D eigenvalue weighted by Crippen LogP contribution is 2.18. The molecule has 0 fully saturated rings. The van der Waals surface area contributed by atoms with E-state index in [1.54, 1.807) is 0 Å². The molecule has 0 aliphatic rings. The van der Waals surface area contributed by atoms with E-state index in [0.717, 1.165) is 25.7 Å². The fraction of sp³-hybridized carbons (Fsp3) is 0.944. The SMILES string of the molecule is CCCCCCCCCCCCCC/C=C\CCCCCCCCCCCCCC(O)CC(=O)NC(CO)C(O)CCCCCCCCCCCCCCCCCCC. The number of hydrogen-bond donors (Lipinski definition) is 4. The van der Waals surface area contributed by atoms with Crippen molar-refractivity contribution in [2.75, 3.05) is 6.61 Å². The van der Waals surface area contributed by atoms with Crippen LogP contribution < -0.4 is 5.32 Å². The lowest BCUT2D eigenvalue weighted by Crippen LogP contribution is -2.46. The van der Waals surface area contributed by atoms with Gasteiger partial charge in [0.2, 0.25) is 5.91 Å². The first kappa shape index (κ1) is 58.1. The summed E-state index contributed by atoms with van der Waals surface area (Å²) in [6, 6.07) is -0.656. The van der Waals surface area contributed by atoms with E-state index < -0.39 is 18.2 Å². The van der Waals surface area contributed by atoms with Crippen molar-refractivity contribution >= 4 is 5.91 Å². The molecule has 0 aliphatic carbocycles. The van der Waals surface area contributed by atoms with Crippen molar-refractivity contribution in [3.63, 3.8) is 0 Å². The molecule has 3 atom stereocenters. The molecule has 1 amide bonds. The van der Waals surface area contributed by atoms with E-state index in [2.05, 4.69) is 31.3 Å². The first-order chi connectivity index (χ1) is 29.0. The second-order valence-electron chi connectivity index (χ2n) is 18.8. The zero-order chi connectivity index (χ0) is 43.0. The zero-order valence-corrected chi connectivity index (χ0v) is 40.2. The highest BCUT2D eigenvalue weighted by molar-refractivity contribution is 5.76. The van der Waals surface area contributed by atoms with Gasteiger partial charge in [0.25, 0.3) is 0 Å². The molecule has 0 aromatic rings. The fourth-order valence-corrected chi connectivity index (χ4v) is 8.70. The lowest BCUT2D eigenvalue weighted by atomic mass is 10.0. The Hall–Kier alpha value is -0.910. The van der Waals surface area contributed by atoms with Gasteiger partial charge in [-0.2, -0.15) is 0 Å². The summed E-state index contributed by atoms with van der Waals surface area (Å²) < 4.78 is 0. The van der Waals surface area contributed by atoms with Gasteiger partial charge >= 0.3 is 0 Å². The smallest absolute Gasteiger partial charge is 0.222 e. The van der Waals surface area contributed by atoms with Crippen molar-refractivity contribution in [3.05, 3.63) is 12.2 Å². The van der Waals surface area contributed by atoms with Gasteiger partial charge in [0.15, 0.2) is 0 Å². The van der Waals surface area contributed by atoms with Gasteiger partial charge in [0.1, 0.15) is 0 Å². The normalized spacial score (nSPS) is 13.4. The first-order valence-corrected chi connectivity index (χ1v) is 27.0. The Kier molecular flexibility index (Phi) is 49.0. The van der Waals surface area contributed by atoms with E-state index in [4.69, 9.17) is 0 Å². The molecule has 0 saturated carbocycles. The minimum absolute atomic E-state index is 0.0398. The molecule has 0 heterocycles. The Balaban J connectivity index is 3.51. The van der Waals surface area contributed by atoms with Gasteiger partial charge < -0.3 is 20.6 Å². The molecule has 4 N–H and O–H groups in total. The first-order valence-electron chi connectivity index (χ1n) is 27.0. The average Bonchev–Trinajstić information content (AvgIpc) is 3.23. The summed E-state index contributed by atoms with van der Waals surface area (Å²) in [4.78, 5) is 12.5. The topological polar surface area (TPSA) is 89.8 Å². The van der Waals surface area contributed by atoms with Crippen LogP contribution >= 0.6 is 0 Å². The third-order valence-electron chi connectivity index (χ3n) is 12.8. The number of rotatable bonds is 50. The molecule has 0 aromatic heterocycles. The van der Waals surface area contributed by atoms with Crippen molar-refractivity contribution in [2.24, 2.45) is 0 Å². The van der Waals surface area contributed by atoms with E-state index in [0.29, 0.717) is 12.8 Å². The van der Waals surface area contributed by atoms with E-state index in [1.165, 1.54) is 244 Å². The van der Waals surface area contributed by atoms with Crippen molar-refractivity contribution < 1.29 is 20.1 Å². The highest BCUT2D eigenvalue weighted by atomic mass is 16.3. The molecule has 5 nitrogen and oxygen atoms in total. The molecule has 0 aliphatic heterocycles. The summed E-state index contributed by atoms with van der Waals surface area (Å²) in [5, 5.41) is 33.6. The largest absolute Gasteiger partial charge is 0.394 e. The molecule has 0 bridgehead atoms. The number of amides is 1. The van der Waals surface area contributed by atoms with E-state index in [9.17, 15) is 20.1 Å². The minimum Gasteiger partial charge on any atom is -0.394 e. The van der Waals surface area contributed by atoms with Gasteiger partial charge in [0.05, 0.1) is 31.3 Å². The van der Waals surface area contributed by atoms with Gasteiger partial charge in [-0.25, -0.2) is 0 Å². The van der Waals surface area contributed by atoms with Gasteiger partial charge in [-0.1, -0.05) is 270 Å². The molecular formula is C54H107NO4. The summed E-state index contributed by atoms with van der Waals surface area (Å²) >= 11 is 0. The van der Waals surface area contributed by atoms with Crippen LogP contribution in [0.3, 0.4) is 0 Å². The van der Waals surface area contributed by atoms with Gasteiger partial charge in [-0.05, 0) is 38.5 Å². The molecule has 0 aromatic carbocycles. The van der Waals surface area contributed by atoms with Gasteiger partial charge in [-0.15, -0.1) is 0 Å². The lowest BCUT2D eigenvalue weighted by Gasteiger charge is -2.23. The second-order valence-corrected chi connectivity index (χ2v) is 18.8. The Morgan fingerprint density at radius 1 is 0.407 bits per heavy atom. The number of nitrogens with one attached hydrogen (secondary N) is 1. The van der Waals surface area contributed by atoms with E-state index in [-0.39, 0.29) is 18.9 Å². The summed E-state index contributed by atoms with van der Waals surface area (Å²) in [6.45, 7) is 4.30. The maximum atomic E-state index is 12.5. The Morgan fingerprint density at radius 3 is 0.983 bits per heavy atom. The molecule has 352 valence electrons. The van der Waals surface area contributed by atoms with Gasteiger partial charge in [-0.3, -0.25) is 4.79 Å². The van der Waals surface area contributed by atoms with Crippen LogP contribution in [-0.2, 0) is 4.79 Å². The summed E-state index contributed by atoms with van der Waals surface area (Å²) in [7, 11) is 0. The standard InChI is InChI=1S/C54H107NO4/c1-3-5-7-9-11-13-15-17-19-21-22-23-24-25-26-27-28-29-30-32-33-35-37-39-41-43-45-47-51(57)49-54(59)55-52(50-56)53(58)48-46-44-42-40-38-36-34-31-20-18-16-14-12-10-8-6-4-2/h25-26,51-53,56-58H,3-24,27-50H2,1-2H3,(H,55,59)/b26-25-. The third-order valence-corrected chi connectivity index (χ3v) is 12.8. The molecule has 5 heteroatoms. The summed E-state index contributed by atoms with van der Waals surface area (Å²) in [5.41, 5.74) is 0. The number of carbonyl (C=O) groups is 1. The predicted octanol–water partition coefficient (Wildman–Crippen LogP) is 16.3. The van der Waals surface area contributed by atoms with Crippen LogP contribution in [0.15, 0.2) is 12.2 Å². The van der Waals surface area contributed by atoms with Crippen molar-refractivity contribution in [1.82, 2.24) is 5.32 Å². The van der Waals surface area contributed by atoms with Crippen LogP contribution in [0.5, 0.6) is 0 Å². The van der Waals surface area contributed by atoms with Crippen LogP contribution in [0.4, 0.5) is 0 Å². The molecular weight excluding hydrogens is 727 g/mol. The minimum atomic E-state index is -0.747. The fourth-order valence-electron chi connectivity index (χ4n) is 8.70. The Morgan fingerprint density at radius 2 is 0.678 bits per heavy atom. The van der Waals surface area contributed by atoms with Crippen LogP contribution in [0, 0.1) is 0 Å². The maximum absolute atomic E-state index is 12.5. The number of carbonyl (C=O) groups excluding carboxylic acids is 1. The second kappa shape index (κ2) is 49.7. The Bertz CT molecular complexity index is 833. The van der Waals surface area contributed by atoms with Gasteiger partial charge in [0, 0.05) is 0 Å². The number of hydrogen-bond acceptors (Lipinski definition) is 4. The van der Waals surface area contributed by atoms with Crippen molar-refractivity contribution in [2.45, 2.75) is 321 Å². The Labute approximate surface area is 369 Å². The number of allylic oxidation sites excluding steroid dienone is 2.